The minimum atomic E-state index is -0.315. The number of anilines is 1. The fraction of sp³-hybridized carbons (Fsp3) is 0.250. The van der Waals surface area contributed by atoms with Crippen molar-refractivity contribution in [1.82, 2.24) is 4.98 Å². The molecule has 0 spiro atoms. The number of benzene rings is 1. The van der Waals surface area contributed by atoms with Crippen molar-refractivity contribution in [2.45, 2.75) is 26.2 Å². The SMILES string of the molecule is CC(C)(C)c1cc(-c2ccc(F)cc2)c(C#N)c(N)n1. The fourth-order valence-corrected chi connectivity index (χ4v) is 1.92. The van der Waals surface area contributed by atoms with Gasteiger partial charge < -0.3 is 5.73 Å². The van der Waals surface area contributed by atoms with Gasteiger partial charge in [-0.25, -0.2) is 9.37 Å². The van der Waals surface area contributed by atoms with E-state index in [1.165, 1.54) is 12.1 Å². The number of nitrogen functional groups attached to an aromatic ring is 1. The van der Waals surface area contributed by atoms with E-state index in [0.29, 0.717) is 11.1 Å². The Morgan fingerprint density at radius 1 is 1.20 bits per heavy atom. The summed E-state index contributed by atoms with van der Waals surface area (Å²) < 4.78 is 13.0. The van der Waals surface area contributed by atoms with E-state index in [0.717, 1.165) is 11.3 Å². The first-order chi connectivity index (χ1) is 9.32. The molecule has 102 valence electrons. The smallest absolute Gasteiger partial charge is 0.142 e. The average molecular weight is 269 g/mol. The monoisotopic (exact) mass is 269 g/mol. The number of nitriles is 1. The molecule has 3 nitrogen and oxygen atoms in total. The highest BCUT2D eigenvalue weighted by molar-refractivity contribution is 5.75. The van der Waals surface area contributed by atoms with Crippen molar-refractivity contribution < 1.29 is 4.39 Å². The van der Waals surface area contributed by atoms with Gasteiger partial charge in [0.1, 0.15) is 23.3 Å². The Kier molecular flexibility index (Phi) is 3.46. The molecule has 0 bridgehead atoms. The van der Waals surface area contributed by atoms with Gasteiger partial charge in [0, 0.05) is 16.7 Å². The Morgan fingerprint density at radius 2 is 1.80 bits per heavy atom. The molecule has 1 aromatic heterocycles. The van der Waals surface area contributed by atoms with Crippen LogP contribution in [0.3, 0.4) is 0 Å². The van der Waals surface area contributed by atoms with E-state index in [1.807, 2.05) is 26.8 Å². The zero-order chi connectivity index (χ0) is 14.9. The summed E-state index contributed by atoms with van der Waals surface area (Å²) in [6.07, 6.45) is 0. The van der Waals surface area contributed by atoms with Crippen molar-refractivity contribution in [3.8, 4) is 17.2 Å². The van der Waals surface area contributed by atoms with Gasteiger partial charge in [-0.1, -0.05) is 32.9 Å². The molecule has 0 aliphatic rings. The maximum absolute atomic E-state index is 13.0. The van der Waals surface area contributed by atoms with Crippen LogP contribution in [0.15, 0.2) is 30.3 Å². The van der Waals surface area contributed by atoms with Crippen molar-refractivity contribution in [1.29, 1.82) is 5.26 Å². The summed E-state index contributed by atoms with van der Waals surface area (Å²) in [5.74, 6) is -0.107. The third-order valence-corrected chi connectivity index (χ3v) is 3.08. The number of rotatable bonds is 1. The van der Waals surface area contributed by atoms with Gasteiger partial charge >= 0.3 is 0 Å². The number of nitrogens with zero attached hydrogens (tertiary/aromatic N) is 2. The molecule has 0 saturated heterocycles. The van der Waals surface area contributed by atoms with E-state index in [2.05, 4.69) is 11.1 Å². The summed E-state index contributed by atoms with van der Waals surface area (Å²) in [5, 5.41) is 9.26. The van der Waals surface area contributed by atoms with Gasteiger partial charge in [-0.2, -0.15) is 5.26 Å². The van der Waals surface area contributed by atoms with Crippen LogP contribution in [0.2, 0.25) is 0 Å². The minimum Gasteiger partial charge on any atom is -0.383 e. The highest BCUT2D eigenvalue weighted by atomic mass is 19.1. The number of hydrogen-bond donors (Lipinski definition) is 1. The highest BCUT2D eigenvalue weighted by Gasteiger charge is 2.20. The van der Waals surface area contributed by atoms with E-state index in [1.54, 1.807) is 12.1 Å². The molecule has 0 unspecified atom stereocenters. The molecule has 0 amide bonds. The van der Waals surface area contributed by atoms with Crippen molar-refractivity contribution in [3.05, 3.63) is 47.4 Å². The first-order valence-electron chi connectivity index (χ1n) is 6.30. The first kappa shape index (κ1) is 14.0. The molecule has 0 aliphatic heterocycles. The summed E-state index contributed by atoms with van der Waals surface area (Å²) in [6, 6.07) is 9.93. The lowest BCUT2D eigenvalue weighted by Crippen LogP contribution is -2.15. The van der Waals surface area contributed by atoms with Gasteiger partial charge in [0.15, 0.2) is 0 Å². The van der Waals surface area contributed by atoms with E-state index in [-0.39, 0.29) is 17.1 Å². The van der Waals surface area contributed by atoms with Crippen LogP contribution in [0.25, 0.3) is 11.1 Å². The normalized spacial score (nSPS) is 11.2. The Labute approximate surface area is 117 Å². The second-order valence-corrected chi connectivity index (χ2v) is 5.68. The second-order valence-electron chi connectivity index (χ2n) is 5.68. The molecule has 0 fully saturated rings. The predicted octanol–water partition coefficient (Wildman–Crippen LogP) is 3.64. The molecule has 4 heteroatoms. The van der Waals surface area contributed by atoms with Gasteiger partial charge in [-0.05, 0) is 23.8 Å². The molecule has 20 heavy (non-hydrogen) atoms. The molecule has 2 aromatic rings. The molecular formula is C16H16FN3. The molecular weight excluding hydrogens is 253 g/mol. The Morgan fingerprint density at radius 3 is 2.30 bits per heavy atom. The summed E-state index contributed by atoms with van der Waals surface area (Å²) in [7, 11) is 0. The molecule has 2 rings (SSSR count). The average Bonchev–Trinajstić information content (AvgIpc) is 2.37. The second kappa shape index (κ2) is 4.93. The van der Waals surface area contributed by atoms with Crippen molar-refractivity contribution >= 4 is 5.82 Å². The zero-order valence-electron chi connectivity index (χ0n) is 11.7. The van der Waals surface area contributed by atoms with Crippen LogP contribution in [-0.2, 0) is 5.41 Å². The van der Waals surface area contributed by atoms with Crippen LogP contribution in [0.5, 0.6) is 0 Å². The molecule has 0 radical (unpaired) electrons. The van der Waals surface area contributed by atoms with E-state index in [4.69, 9.17) is 5.73 Å². The third kappa shape index (κ3) is 2.62. The van der Waals surface area contributed by atoms with Crippen LogP contribution in [-0.4, -0.2) is 4.98 Å². The summed E-state index contributed by atoms with van der Waals surface area (Å²) in [4.78, 5) is 4.30. The Bertz CT molecular complexity index is 677. The number of halogens is 1. The lowest BCUT2D eigenvalue weighted by molar-refractivity contribution is 0.570. The third-order valence-electron chi connectivity index (χ3n) is 3.08. The highest BCUT2D eigenvalue weighted by Crippen LogP contribution is 2.31. The number of aromatic nitrogens is 1. The zero-order valence-corrected chi connectivity index (χ0v) is 11.7. The standard InChI is InChI=1S/C16H16FN3/c1-16(2,3)14-8-12(13(9-18)15(19)20-14)10-4-6-11(17)7-5-10/h4-8H,1-3H3,(H2,19,20). The summed E-state index contributed by atoms with van der Waals surface area (Å²) in [6.45, 7) is 6.07. The number of nitrogens with two attached hydrogens (primary N) is 1. The Balaban J connectivity index is 2.70. The maximum Gasteiger partial charge on any atom is 0.142 e. The van der Waals surface area contributed by atoms with Crippen LogP contribution in [0.4, 0.5) is 10.2 Å². The first-order valence-corrected chi connectivity index (χ1v) is 6.30. The van der Waals surface area contributed by atoms with Crippen molar-refractivity contribution in [2.24, 2.45) is 0 Å². The van der Waals surface area contributed by atoms with Crippen molar-refractivity contribution in [3.63, 3.8) is 0 Å². The largest absolute Gasteiger partial charge is 0.383 e. The van der Waals surface area contributed by atoms with Crippen molar-refractivity contribution in [2.75, 3.05) is 5.73 Å². The molecule has 0 aliphatic carbocycles. The summed E-state index contributed by atoms with van der Waals surface area (Å²) >= 11 is 0. The molecule has 1 heterocycles. The minimum absolute atomic E-state index is 0.184. The number of hydrogen-bond acceptors (Lipinski definition) is 3. The summed E-state index contributed by atoms with van der Waals surface area (Å²) in [5.41, 5.74) is 8.27. The molecule has 0 atom stereocenters. The van der Waals surface area contributed by atoms with E-state index >= 15 is 0 Å². The van der Waals surface area contributed by atoms with Crippen LogP contribution < -0.4 is 5.73 Å². The van der Waals surface area contributed by atoms with Gasteiger partial charge in [0.25, 0.3) is 0 Å². The van der Waals surface area contributed by atoms with Gasteiger partial charge in [0.05, 0.1) is 0 Å². The quantitative estimate of drug-likeness (QED) is 0.859. The molecule has 1 aromatic carbocycles. The van der Waals surface area contributed by atoms with E-state index < -0.39 is 0 Å². The topological polar surface area (TPSA) is 62.7 Å². The fourth-order valence-electron chi connectivity index (χ4n) is 1.92. The molecule has 0 saturated carbocycles. The maximum atomic E-state index is 13.0. The lowest BCUT2D eigenvalue weighted by Gasteiger charge is -2.20. The van der Waals surface area contributed by atoms with Crippen LogP contribution >= 0.6 is 0 Å². The van der Waals surface area contributed by atoms with Gasteiger partial charge in [-0.15, -0.1) is 0 Å². The van der Waals surface area contributed by atoms with Crippen LogP contribution in [0.1, 0.15) is 32.0 Å². The molecule has 2 N–H and O–H groups in total. The van der Waals surface area contributed by atoms with E-state index in [9.17, 15) is 9.65 Å². The van der Waals surface area contributed by atoms with Gasteiger partial charge in [0.2, 0.25) is 0 Å². The predicted molar refractivity (Wildman–Crippen MR) is 77.5 cm³/mol. The van der Waals surface area contributed by atoms with Gasteiger partial charge in [-0.3, -0.25) is 0 Å². The number of pyridine rings is 1. The lowest BCUT2D eigenvalue weighted by atomic mass is 9.88. The van der Waals surface area contributed by atoms with Crippen LogP contribution in [0, 0.1) is 17.1 Å². The Hall–Kier alpha value is -2.41.